The first-order valence-corrected chi connectivity index (χ1v) is 11.8. The van der Waals surface area contributed by atoms with Gasteiger partial charge in [0, 0.05) is 12.2 Å². The Balaban J connectivity index is 1.80. The van der Waals surface area contributed by atoms with Gasteiger partial charge in [0.05, 0.1) is 5.69 Å². The van der Waals surface area contributed by atoms with Crippen molar-refractivity contribution >= 4 is 40.6 Å². The van der Waals surface area contributed by atoms with Gasteiger partial charge in [0.2, 0.25) is 5.91 Å². The van der Waals surface area contributed by atoms with Crippen LogP contribution in [0.25, 0.3) is 0 Å². The fourth-order valence-electron chi connectivity index (χ4n) is 3.67. The lowest BCUT2D eigenvalue weighted by Gasteiger charge is -2.31. The predicted octanol–water partition coefficient (Wildman–Crippen LogP) is 3.95. The van der Waals surface area contributed by atoms with E-state index in [0.29, 0.717) is 17.1 Å². The number of primary amides is 1. The maximum atomic E-state index is 13.9. The Labute approximate surface area is 218 Å². The predicted molar refractivity (Wildman–Crippen MR) is 136 cm³/mol. The van der Waals surface area contributed by atoms with Gasteiger partial charge >= 0.3 is 0 Å². The van der Waals surface area contributed by atoms with Crippen molar-refractivity contribution in [3.63, 3.8) is 0 Å². The molecule has 0 saturated carbocycles. The number of rotatable bonds is 8. The summed E-state index contributed by atoms with van der Waals surface area (Å²) in [7, 11) is 0. The van der Waals surface area contributed by atoms with Crippen molar-refractivity contribution in [3.8, 4) is 0 Å². The van der Waals surface area contributed by atoms with Crippen molar-refractivity contribution in [3.05, 3.63) is 112 Å². The number of nitrogens with zero attached hydrogens (tertiary/aromatic N) is 2. The molecule has 0 aliphatic heterocycles. The van der Waals surface area contributed by atoms with Crippen molar-refractivity contribution in [1.29, 1.82) is 0 Å². The average molecular weight is 540 g/mol. The summed E-state index contributed by atoms with van der Waals surface area (Å²) in [4.78, 5) is 40.0. The highest BCUT2D eigenvalue weighted by Gasteiger charge is 2.36. The number of nitrogens with two attached hydrogens (primary N) is 2. The van der Waals surface area contributed by atoms with Crippen molar-refractivity contribution in [2.24, 2.45) is 5.73 Å². The summed E-state index contributed by atoms with van der Waals surface area (Å²) < 4.78 is 44.7. The number of anilines is 2. The molecule has 4 aromatic rings. The molecule has 0 aliphatic rings. The Kier molecular flexibility index (Phi) is 7.72. The third-order valence-electron chi connectivity index (χ3n) is 5.55. The van der Waals surface area contributed by atoms with Gasteiger partial charge in [-0.1, -0.05) is 24.3 Å². The highest BCUT2D eigenvalue weighted by atomic mass is 32.1. The lowest BCUT2D eigenvalue weighted by Crippen LogP contribution is -2.44. The normalized spacial score (nSPS) is 11.6. The van der Waals surface area contributed by atoms with Gasteiger partial charge in [0.15, 0.2) is 5.69 Å². The standard InChI is InChI=1S/C26H20F3N5O3S/c27-16-5-1-14(2-6-16)13-32-25(36)22(15-3-7-17(28)8-4-15)34(19-11-9-18(29)10-12-19)26(37)23-20(30)21(24(31)35)33-38-23/h1-12,22H,13,30H2,(H2,31,35)(H,32,36). The lowest BCUT2D eigenvalue weighted by atomic mass is 10.0. The molecule has 1 unspecified atom stereocenters. The van der Waals surface area contributed by atoms with Crippen LogP contribution in [0.4, 0.5) is 24.5 Å². The van der Waals surface area contributed by atoms with Crippen LogP contribution in [-0.2, 0) is 11.3 Å². The molecular formula is C26H20F3N5O3S. The van der Waals surface area contributed by atoms with E-state index in [1.165, 1.54) is 48.5 Å². The third kappa shape index (κ3) is 5.65. The summed E-state index contributed by atoms with van der Waals surface area (Å²) in [5.74, 6) is -4.07. The lowest BCUT2D eigenvalue weighted by molar-refractivity contribution is -0.122. The Hall–Kier alpha value is -4.71. The second-order valence-corrected chi connectivity index (χ2v) is 8.86. The molecule has 0 aliphatic carbocycles. The number of nitrogens with one attached hydrogen (secondary N) is 1. The average Bonchev–Trinajstić information content (AvgIpc) is 3.29. The Morgan fingerprint density at radius 2 is 1.39 bits per heavy atom. The zero-order valence-corrected chi connectivity index (χ0v) is 20.3. The van der Waals surface area contributed by atoms with Gasteiger partial charge in [0.1, 0.15) is 28.4 Å². The van der Waals surface area contributed by atoms with Crippen molar-refractivity contribution in [2.45, 2.75) is 12.6 Å². The van der Waals surface area contributed by atoms with Gasteiger partial charge in [-0.15, -0.1) is 0 Å². The van der Waals surface area contributed by atoms with Crippen molar-refractivity contribution in [2.75, 3.05) is 10.6 Å². The topological polar surface area (TPSA) is 131 Å². The van der Waals surface area contributed by atoms with E-state index in [1.807, 2.05) is 0 Å². The summed E-state index contributed by atoms with van der Waals surface area (Å²) >= 11 is 0.609. The van der Waals surface area contributed by atoms with Gasteiger partial charge < -0.3 is 16.8 Å². The summed E-state index contributed by atoms with van der Waals surface area (Å²) in [5, 5.41) is 2.70. The zero-order valence-electron chi connectivity index (χ0n) is 19.5. The van der Waals surface area contributed by atoms with Crippen molar-refractivity contribution in [1.82, 2.24) is 9.69 Å². The quantitative estimate of drug-likeness (QED) is 0.312. The number of carbonyl (C=O) groups excluding carboxylic acids is 3. The summed E-state index contributed by atoms with van der Waals surface area (Å²) in [6.45, 7) is -0.0171. The number of hydrogen-bond donors (Lipinski definition) is 3. The van der Waals surface area contributed by atoms with E-state index < -0.39 is 41.2 Å². The molecule has 3 aromatic carbocycles. The van der Waals surface area contributed by atoms with Crippen LogP contribution in [0.5, 0.6) is 0 Å². The summed E-state index contributed by atoms with van der Waals surface area (Å²) in [5.41, 5.74) is 11.6. The Bertz CT molecular complexity index is 1480. The molecule has 0 bridgehead atoms. The summed E-state index contributed by atoms with van der Waals surface area (Å²) in [6, 6.07) is 13.7. The molecule has 38 heavy (non-hydrogen) atoms. The number of amides is 3. The molecule has 1 aromatic heterocycles. The van der Waals surface area contributed by atoms with Crippen LogP contribution in [-0.4, -0.2) is 22.1 Å². The van der Waals surface area contributed by atoms with E-state index in [2.05, 4.69) is 9.69 Å². The summed E-state index contributed by atoms with van der Waals surface area (Å²) in [6.07, 6.45) is 0. The first-order chi connectivity index (χ1) is 18.2. The van der Waals surface area contributed by atoms with Crippen LogP contribution in [0, 0.1) is 17.5 Å². The second kappa shape index (κ2) is 11.1. The number of hydrogen-bond acceptors (Lipinski definition) is 6. The van der Waals surface area contributed by atoms with Crippen LogP contribution in [0.15, 0.2) is 72.8 Å². The molecule has 4 rings (SSSR count). The molecule has 12 heteroatoms. The minimum Gasteiger partial charge on any atom is -0.395 e. The maximum absolute atomic E-state index is 13.9. The first-order valence-electron chi connectivity index (χ1n) is 11.1. The first kappa shape index (κ1) is 26.4. The van der Waals surface area contributed by atoms with Gasteiger partial charge in [-0.3, -0.25) is 19.3 Å². The van der Waals surface area contributed by atoms with Crippen LogP contribution < -0.4 is 21.7 Å². The Morgan fingerprint density at radius 3 is 1.92 bits per heavy atom. The third-order valence-corrected chi connectivity index (χ3v) is 6.40. The molecule has 8 nitrogen and oxygen atoms in total. The van der Waals surface area contributed by atoms with Crippen LogP contribution >= 0.6 is 11.5 Å². The van der Waals surface area contributed by atoms with E-state index in [4.69, 9.17) is 11.5 Å². The molecule has 1 heterocycles. The van der Waals surface area contributed by atoms with Crippen LogP contribution in [0.1, 0.15) is 37.3 Å². The number of aromatic nitrogens is 1. The highest BCUT2D eigenvalue weighted by Crippen LogP contribution is 2.33. The van der Waals surface area contributed by atoms with Gasteiger partial charge in [-0.2, -0.15) is 4.37 Å². The van der Waals surface area contributed by atoms with E-state index in [0.717, 1.165) is 29.2 Å². The van der Waals surface area contributed by atoms with E-state index in [1.54, 1.807) is 0 Å². The van der Waals surface area contributed by atoms with Gasteiger partial charge in [-0.05, 0) is 71.2 Å². The number of nitrogen functional groups attached to an aromatic ring is 1. The van der Waals surface area contributed by atoms with Crippen molar-refractivity contribution < 1.29 is 27.6 Å². The molecule has 0 saturated heterocycles. The molecule has 0 spiro atoms. The minimum absolute atomic E-state index is 0.0171. The van der Waals surface area contributed by atoms with E-state index in [-0.39, 0.29) is 34.1 Å². The molecular weight excluding hydrogens is 519 g/mol. The fourth-order valence-corrected chi connectivity index (χ4v) is 4.42. The molecule has 0 fully saturated rings. The number of halogens is 3. The Morgan fingerprint density at radius 1 is 0.868 bits per heavy atom. The molecule has 5 N–H and O–H groups in total. The highest BCUT2D eigenvalue weighted by molar-refractivity contribution is 7.09. The van der Waals surface area contributed by atoms with Crippen LogP contribution in [0.2, 0.25) is 0 Å². The van der Waals surface area contributed by atoms with E-state index >= 15 is 0 Å². The monoisotopic (exact) mass is 539 g/mol. The van der Waals surface area contributed by atoms with Gasteiger partial charge in [-0.25, -0.2) is 13.2 Å². The molecule has 3 amide bonds. The smallest absolute Gasteiger partial charge is 0.273 e. The molecule has 194 valence electrons. The largest absolute Gasteiger partial charge is 0.395 e. The fraction of sp³-hybridized carbons (Fsp3) is 0.0769. The number of benzene rings is 3. The SMILES string of the molecule is NC(=O)c1nsc(C(=O)N(c2ccc(F)cc2)C(C(=O)NCc2ccc(F)cc2)c2ccc(F)cc2)c1N. The molecule has 1 atom stereocenters. The van der Waals surface area contributed by atoms with E-state index in [9.17, 15) is 27.6 Å². The second-order valence-electron chi connectivity index (χ2n) is 8.09. The minimum atomic E-state index is -1.40. The zero-order chi connectivity index (χ0) is 27.4. The van der Waals surface area contributed by atoms with Gasteiger partial charge in [0.25, 0.3) is 11.8 Å². The number of carbonyl (C=O) groups is 3. The molecule has 0 radical (unpaired) electrons. The van der Waals surface area contributed by atoms with Crippen LogP contribution in [0.3, 0.4) is 0 Å². The maximum Gasteiger partial charge on any atom is 0.273 e.